The highest BCUT2D eigenvalue weighted by Crippen LogP contribution is 2.22. The van der Waals surface area contributed by atoms with Gasteiger partial charge in [-0.2, -0.15) is 0 Å². The van der Waals surface area contributed by atoms with Gasteiger partial charge in [0.25, 0.3) is 0 Å². The average molecular weight is 265 g/mol. The maximum absolute atomic E-state index is 11.8. The van der Waals surface area contributed by atoms with Crippen LogP contribution in [0.5, 0.6) is 0 Å². The molecule has 2 aromatic rings. The SMILES string of the molecule is Nc1nc2ccc(Cl)cc2n1CC(=O)NC1CC1. The Balaban J connectivity index is 1.91. The summed E-state index contributed by atoms with van der Waals surface area (Å²) in [5.74, 6) is 0.293. The van der Waals surface area contributed by atoms with Crippen molar-refractivity contribution < 1.29 is 4.79 Å². The Morgan fingerprint density at radius 1 is 1.56 bits per heavy atom. The monoisotopic (exact) mass is 264 g/mol. The molecule has 1 amide bonds. The smallest absolute Gasteiger partial charge is 0.240 e. The van der Waals surface area contributed by atoms with Crippen LogP contribution in [0.3, 0.4) is 0 Å². The van der Waals surface area contributed by atoms with Gasteiger partial charge in [0.05, 0.1) is 11.0 Å². The number of rotatable bonds is 3. The number of nitrogen functional groups attached to an aromatic ring is 1. The number of anilines is 1. The molecule has 1 aliphatic carbocycles. The molecule has 3 N–H and O–H groups in total. The number of hydrogen-bond donors (Lipinski definition) is 2. The van der Waals surface area contributed by atoms with Gasteiger partial charge in [-0.1, -0.05) is 11.6 Å². The standard InChI is InChI=1S/C12H13ClN4O/c13-7-1-4-9-10(5-7)17(12(14)16-9)6-11(18)15-8-2-3-8/h1,4-5,8H,2-3,6H2,(H2,14,16)(H,15,18). The van der Waals surface area contributed by atoms with E-state index >= 15 is 0 Å². The predicted molar refractivity (Wildman–Crippen MR) is 70.3 cm³/mol. The van der Waals surface area contributed by atoms with Gasteiger partial charge in [0, 0.05) is 11.1 Å². The zero-order valence-corrected chi connectivity index (χ0v) is 10.4. The van der Waals surface area contributed by atoms with Gasteiger partial charge in [0.1, 0.15) is 6.54 Å². The summed E-state index contributed by atoms with van der Waals surface area (Å²) in [6.07, 6.45) is 2.13. The van der Waals surface area contributed by atoms with E-state index in [0.717, 1.165) is 23.9 Å². The topological polar surface area (TPSA) is 72.9 Å². The molecule has 0 radical (unpaired) electrons. The van der Waals surface area contributed by atoms with Gasteiger partial charge < -0.3 is 15.6 Å². The lowest BCUT2D eigenvalue weighted by Crippen LogP contribution is -2.29. The molecule has 0 saturated heterocycles. The van der Waals surface area contributed by atoms with Crippen molar-refractivity contribution in [1.82, 2.24) is 14.9 Å². The molecule has 1 fully saturated rings. The number of nitrogens with zero attached hydrogens (tertiary/aromatic N) is 2. The molecule has 1 saturated carbocycles. The fourth-order valence-corrected chi connectivity index (χ4v) is 2.09. The highest BCUT2D eigenvalue weighted by atomic mass is 35.5. The van der Waals surface area contributed by atoms with Crippen LogP contribution >= 0.6 is 11.6 Å². The summed E-state index contributed by atoms with van der Waals surface area (Å²) < 4.78 is 1.68. The maximum atomic E-state index is 11.8. The molecule has 94 valence electrons. The lowest BCUT2D eigenvalue weighted by molar-refractivity contribution is -0.121. The summed E-state index contributed by atoms with van der Waals surface area (Å²) in [7, 11) is 0. The van der Waals surface area contributed by atoms with E-state index in [1.807, 2.05) is 0 Å². The number of fused-ring (bicyclic) bond motifs is 1. The van der Waals surface area contributed by atoms with Crippen molar-refractivity contribution >= 4 is 34.5 Å². The minimum atomic E-state index is -0.0384. The molecule has 1 heterocycles. The molecular weight excluding hydrogens is 252 g/mol. The maximum Gasteiger partial charge on any atom is 0.240 e. The average Bonchev–Trinajstić information content (AvgIpc) is 3.07. The summed E-state index contributed by atoms with van der Waals surface area (Å²) in [6.45, 7) is 0.180. The molecule has 0 bridgehead atoms. The number of imidazole rings is 1. The molecule has 1 aromatic carbocycles. The Morgan fingerprint density at radius 3 is 3.06 bits per heavy atom. The fraction of sp³-hybridized carbons (Fsp3) is 0.333. The summed E-state index contributed by atoms with van der Waals surface area (Å²) in [5, 5.41) is 3.53. The first kappa shape index (κ1) is 11.3. The van der Waals surface area contributed by atoms with Crippen LogP contribution in [0.15, 0.2) is 18.2 Å². The first-order valence-electron chi connectivity index (χ1n) is 5.84. The van der Waals surface area contributed by atoms with Crippen LogP contribution in [0.1, 0.15) is 12.8 Å². The second-order valence-electron chi connectivity index (χ2n) is 4.53. The van der Waals surface area contributed by atoms with Crippen LogP contribution in [0.4, 0.5) is 5.95 Å². The lowest BCUT2D eigenvalue weighted by Gasteiger charge is -2.07. The van der Waals surface area contributed by atoms with Gasteiger partial charge >= 0.3 is 0 Å². The number of amides is 1. The van der Waals surface area contributed by atoms with E-state index in [-0.39, 0.29) is 12.5 Å². The van der Waals surface area contributed by atoms with Crippen LogP contribution < -0.4 is 11.1 Å². The minimum absolute atomic E-state index is 0.0384. The van der Waals surface area contributed by atoms with E-state index in [2.05, 4.69) is 10.3 Å². The normalized spacial score (nSPS) is 14.9. The van der Waals surface area contributed by atoms with Crippen LogP contribution in [0, 0.1) is 0 Å². The second kappa shape index (κ2) is 4.17. The predicted octanol–water partition coefficient (Wildman–Crippen LogP) is 1.55. The number of aromatic nitrogens is 2. The Morgan fingerprint density at radius 2 is 2.33 bits per heavy atom. The van der Waals surface area contributed by atoms with Crippen molar-refractivity contribution in [1.29, 1.82) is 0 Å². The van der Waals surface area contributed by atoms with Gasteiger partial charge in [-0.3, -0.25) is 4.79 Å². The summed E-state index contributed by atoms with van der Waals surface area (Å²) in [4.78, 5) is 16.0. The van der Waals surface area contributed by atoms with Crippen molar-refractivity contribution in [2.45, 2.75) is 25.4 Å². The molecule has 18 heavy (non-hydrogen) atoms. The van der Waals surface area contributed by atoms with Crippen LogP contribution in [0.25, 0.3) is 11.0 Å². The van der Waals surface area contributed by atoms with Crippen LogP contribution in [0.2, 0.25) is 5.02 Å². The van der Waals surface area contributed by atoms with E-state index in [4.69, 9.17) is 17.3 Å². The van der Waals surface area contributed by atoms with Crippen LogP contribution in [-0.2, 0) is 11.3 Å². The minimum Gasteiger partial charge on any atom is -0.369 e. The zero-order chi connectivity index (χ0) is 12.7. The van der Waals surface area contributed by atoms with E-state index < -0.39 is 0 Å². The van der Waals surface area contributed by atoms with Crippen LogP contribution in [-0.4, -0.2) is 21.5 Å². The summed E-state index contributed by atoms with van der Waals surface area (Å²) in [6, 6.07) is 5.66. The number of nitrogens with two attached hydrogens (primary N) is 1. The van der Waals surface area contributed by atoms with Gasteiger partial charge in [0.15, 0.2) is 0 Å². The number of carbonyl (C=O) groups is 1. The molecule has 0 atom stereocenters. The molecule has 0 aliphatic heterocycles. The third-order valence-corrected chi connectivity index (χ3v) is 3.22. The molecule has 1 aliphatic rings. The number of halogens is 1. The third kappa shape index (κ3) is 2.13. The zero-order valence-electron chi connectivity index (χ0n) is 9.69. The summed E-state index contributed by atoms with van der Waals surface area (Å²) >= 11 is 5.95. The van der Waals surface area contributed by atoms with Gasteiger partial charge in [-0.15, -0.1) is 0 Å². The van der Waals surface area contributed by atoms with Crippen molar-refractivity contribution in [3.8, 4) is 0 Å². The van der Waals surface area contributed by atoms with Gasteiger partial charge in [-0.05, 0) is 31.0 Å². The van der Waals surface area contributed by atoms with Gasteiger partial charge in [0.2, 0.25) is 11.9 Å². The molecule has 1 aromatic heterocycles. The van der Waals surface area contributed by atoms with Gasteiger partial charge in [-0.25, -0.2) is 4.98 Å². The molecule has 0 unspecified atom stereocenters. The van der Waals surface area contributed by atoms with E-state index in [0.29, 0.717) is 17.0 Å². The Bertz CT molecular complexity index is 618. The molecule has 0 spiro atoms. The third-order valence-electron chi connectivity index (χ3n) is 2.98. The largest absolute Gasteiger partial charge is 0.369 e. The number of nitrogens with one attached hydrogen (secondary N) is 1. The highest BCUT2D eigenvalue weighted by molar-refractivity contribution is 6.31. The first-order valence-corrected chi connectivity index (χ1v) is 6.22. The van der Waals surface area contributed by atoms with E-state index in [1.165, 1.54) is 0 Å². The van der Waals surface area contributed by atoms with E-state index in [1.54, 1.807) is 22.8 Å². The number of carbonyl (C=O) groups excluding carboxylic acids is 1. The highest BCUT2D eigenvalue weighted by Gasteiger charge is 2.23. The van der Waals surface area contributed by atoms with Crippen molar-refractivity contribution in [3.63, 3.8) is 0 Å². The van der Waals surface area contributed by atoms with E-state index in [9.17, 15) is 4.79 Å². The van der Waals surface area contributed by atoms with Crippen molar-refractivity contribution in [2.75, 3.05) is 5.73 Å². The van der Waals surface area contributed by atoms with Crippen molar-refractivity contribution in [2.24, 2.45) is 0 Å². The Labute approximate surface area is 109 Å². The summed E-state index contributed by atoms with van der Waals surface area (Å²) in [5.41, 5.74) is 7.36. The molecule has 6 heteroatoms. The van der Waals surface area contributed by atoms with Crippen molar-refractivity contribution in [3.05, 3.63) is 23.2 Å². The second-order valence-corrected chi connectivity index (χ2v) is 4.97. The molecule has 3 rings (SSSR count). The lowest BCUT2D eigenvalue weighted by atomic mass is 10.3. The number of benzene rings is 1. The quantitative estimate of drug-likeness (QED) is 0.883. The Kier molecular flexibility index (Phi) is 2.63. The first-order chi connectivity index (χ1) is 8.63. The molecular formula is C12H13ClN4O. The number of hydrogen-bond acceptors (Lipinski definition) is 3. The molecule has 5 nitrogen and oxygen atoms in total. The Hall–Kier alpha value is -1.75. The fourth-order valence-electron chi connectivity index (χ4n) is 1.93.